The highest BCUT2D eigenvalue weighted by Crippen LogP contribution is 2.25. The molecule has 0 bridgehead atoms. The lowest BCUT2D eigenvalue weighted by Gasteiger charge is -2.31. The molecule has 2 aromatic rings. The van der Waals surface area contributed by atoms with E-state index < -0.39 is 0 Å². The van der Waals surface area contributed by atoms with E-state index in [0.29, 0.717) is 11.8 Å². The Morgan fingerprint density at radius 3 is 2.90 bits per heavy atom. The highest BCUT2D eigenvalue weighted by molar-refractivity contribution is 5.94. The van der Waals surface area contributed by atoms with Gasteiger partial charge in [0, 0.05) is 17.2 Å². The highest BCUT2D eigenvalue weighted by Gasteiger charge is 2.28. The van der Waals surface area contributed by atoms with Gasteiger partial charge in [0.25, 0.3) is 0 Å². The van der Waals surface area contributed by atoms with Crippen molar-refractivity contribution < 1.29 is 9.21 Å². The van der Waals surface area contributed by atoms with Crippen LogP contribution < -0.4 is 10.6 Å². The van der Waals surface area contributed by atoms with Crippen LogP contribution in [0.3, 0.4) is 0 Å². The number of aromatic nitrogens is 2. The van der Waals surface area contributed by atoms with E-state index in [0.717, 1.165) is 29.9 Å². The smallest absolute Gasteiger partial charge is 0.247 e. The molecule has 21 heavy (non-hydrogen) atoms. The van der Waals surface area contributed by atoms with E-state index in [1.165, 1.54) is 6.39 Å². The molecule has 1 aromatic heterocycles. The molecule has 0 aliphatic carbocycles. The lowest BCUT2D eigenvalue weighted by atomic mass is 9.88. The van der Waals surface area contributed by atoms with Crippen LogP contribution >= 0.6 is 0 Å². The van der Waals surface area contributed by atoms with Crippen LogP contribution in [-0.2, 0) is 4.79 Å². The molecule has 1 aromatic carbocycles. The van der Waals surface area contributed by atoms with Crippen LogP contribution in [0.2, 0.25) is 0 Å². The fraction of sp³-hybridized carbons (Fsp3) is 0.400. The van der Waals surface area contributed by atoms with Crippen molar-refractivity contribution in [3.63, 3.8) is 0 Å². The average Bonchev–Trinajstić information content (AvgIpc) is 2.93. The summed E-state index contributed by atoms with van der Waals surface area (Å²) >= 11 is 0. The average molecular weight is 286 g/mol. The van der Waals surface area contributed by atoms with Crippen LogP contribution in [0.1, 0.15) is 12.5 Å². The van der Waals surface area contributed by atoms with Crippen LogP contribution in [0, 0.1) is 18.8 Å². The number of hydrogen-bond acceptors (Lipinski definition) is 5. The van der Waals surface area contributed by atoms with E-state index in [9.17, 15) is 4.79 Å². The molecule has 1 amide bonds. The minimum absolute atomic E-state index is 0.00212. The van der Waals surface area contributed by atoms with Crippen LogP contribution in [0.25, 0.3) is 11.5 Å². The molecule has 6 nitrogen and oxygen atoms in total. The zero-order valence-electron chi connectivity index (χ0n) is 12.1. The Morgan fingerprint density at radius 1 is 1.48 bits per heavy atom. The highest BCUT2D eigenvalue weighted by atomic mass is 16.4. The zero-order valence-corrected chi connectivity index (χ0v) is 12.1. The van der Waals surface area contributed by atoms with Gasteiger partial charge in [0.15, 0.2) is 0 Å². The Kier molecular flexibility index (Phi) is 3.70. The maximum atomic E-state index is 12.3. The molecule has 1 saturated heterocycles. The first kappa shape index (κ1) is 13.8. The van der Waals surface area contributed by atoms with Gasteiger partial charge < -0.3 is 15.1 Å². The molecular formula is C15H18N4O2. The second-order valence-electron chi connectivity index (χ2n) is 5.47. The summed E-state index contributed by atoms with van der Waals surface area (Å²) in [6, 6.07) is 5.70. The second-order valence-corrected chi connectivity index (χ2v) is 5.47. The summed E-state index contributed by atoms with van der Waals surface area (Å²) < 4.78 is 5.19. The number of amides is 1. The molecule has 6 heteroatoms. The number of hydrogen-bond donors (Lipinski definition) is 2. The molecule has 1 aliphatic heterocycles. The van der Waals surface area contributed by atoms with Gasteiger partial charge in [0.2, 0.25) is 18.2 Å². The van der Waals surface area contributed by atoms with E-state index >= 15 is 0 Å². The van der Waals surface area contributed by atoms with Crippen LogP contribution in [-0.4, -0.2) is 29.2 Å². The predicted octanol–water partition coefficient (Wildman–Crippen LogP) is 1.84. The van der Waals surface area contributed by atoms with Crippen LogP contribution in [0.15, 0.2) is 29.0 Å². The summed E-state index contributed by atoms with van der Waals surface area (Å²) in [6.07, 6.45) is 1.29. The van der Waals surface area contributed by atoms with E-state index in [1.54, 1.807) is 0 Å². The van der Waals surface area contributed by atoms with Gasteiger partial charge in [-0.25, -0.2) is 0 Å². The number of carbonyl (C=O) groups excluding carboxylic acids is 1. The number of carbonyl (C=O) groups is 1. The summed E-state index contributed by atoms with van der Waals surface area (Å²) in [5.74, 6) is 0.913. The number of aryl methyl sites for hydroxylation is 1. The zero-order chi connectivity index (χ0) is 14.8. The third kappa shape index (κ3) is 2.80. The Balaban J connectivity index is 1.78. The monoisotopic (exact) mass is 286 g/mol. The lowest BCUT2D eigenvalue weighted by molar-refractivity contribution is -0.121. The fourth-order valence-electron chi connectivity index (χ4n) is 2.31. The third-order valence-corrected chi connectivity index (χ3v) is 4.04. The van der Waals surface area contributed by atoms with Crippen molar-refractivity contribution in [3.8, 4) is 11.5 Å². The maximum Gasteiger partial charge on any atom is 0.247 e. The summed E-state index contributed by atoms with van der Waals surface area (Å²) in [5.41, 5.74) is 2.59. The van der Waals surface area contributed by atoms with E-state index in [1.807, 2.05) is 32.0 Å². The fourth-order valence-corrected chi connectivity index (χ4v) is 2.31. The maximum absolute atomic E-state index is 12.3. The number of rotatable bonds is 4. The topological polar surface area (TPSA) is 80.1 Å². The van der Waals surface area contributed by atoms with Gasteiger partial charge in [-0.2, -0.15) is 0 Å². The second kappa shape index (κ2) is 5.65. The van der Waals surface area contributed by atoms with Crippen molar-refractivity contribution in [2.24, 2.45) is 11.8 Å². The number of benzene rings is 1. The van der Waals surface area contributed by atoms with Crippen LogP contribution in [0.5, 0.6) is 0 Å². The Hall–Kier alpha value is -2.21. The van der Waals surface area contributed by atoms with Crippen molar-refractivity contribution in [2.45, 2.75) is 13.8 Å². The third-order valence-electron chi connectivity index (χ3n) is 4.04. The molecule has 0 saturated carbocycles. The largest absolute Gasteiger partial charge is 0.423 e. The minimum atomic E-state index is -0.00212. The van der Waals surface area contributed by atoms with E-state index in [4.69, 9.17) is 4.42 Å². The summed E-state index contributed by atoms with van der Waals surface area (Å²) in [6.45, 7) is 5.76. The molecule has 1 unspecified atom stereocenters. The summed E-state index contributed by atoms with van der Waals surface area (Å²) in [4.78, 5) is 12.3. The molecule has 110 valence electrons. The van der Waals surface area contributed by atoms with Gasteiger partial charge in [-0.15, -0.1) is 10.2 Å². The number of nitrogens with one attached hydrogen (secondary N) is 2. The standard InChI is InChI=1S/C15H18N4O2/c1-9-3-4-11(15-19-17-8-21-15)5-13(9)18-14(20)10(2)12-6-16-7-12/h3-5,8,10,12,16H,6-7H2,1-2H3,(H,18,20). The van der Waals surface area contributed by atoms with Crippen molar-refractivity contribution in [1.82, 2.24) is 15.5 Å². The molecule has 1 atom stereocenters. The number of anilines is 1. The van der Waals surface area contributed by atoms with E-state index in [2.05, 4.69) is 20.8 Å². The quantitative estimate of drug-likeness (QED) is 0.896. The Labute approximate surface area is 123 Å². The van der Waals surface area contributed by atoms with Gasteiger partial charge in [-0.05, 0) is 43.6 Å². The summed E-state index contributed by atoms with van der Waals surface area (Å²) in [7, 11) is 0. The van der Waals surface area contributed by atoms with Crippen LogP contribution in [0.4, 0.5) is 5.69 Å². The van der Waals surface area contributed by atoms with Gasteiger partial charge in [0.05, 0.1) is 0 Å². The van der Waals surface area contributed by atoms with Crippen molar-refractivity contribution in [2.75, 3.05) is 18.4 Å². The van der Waals surface area contributed by atoms with E-state index in [-0.39, 0.29) is 11.8 Å². The normalized spacial score (nSPS) is 16.3. The molecule has 3 rings (SSSR count). The first-order valence-electron chi connectivity index (χ1n) is 7.04. The van der Waals surface area contributed by atoms with Gasteiger partial charge in [-0.3, -0.25) is 4.79 Å². The first-order valence-corrected chi connectivity index (χ1v) is 7.04. The Morgan fingerprint density at radius 2 is 2.29 bits per heavy atom. The van der Waals surface area contributed by atoms with Crippen molar-refractivity contribution >= 4 is 11.6 Å². The lowest BCUT2D eigenvalue weighted by Crippen LogP contribution is -2.48. The number of nitrogens with zero attached hydrogens (tertiary/aromatic N) is 2. The molecule has 0 spiro atoms. The van der Waals surface area contributed by atoms with Gasteiger partial charge >= 0.3 is 0 Å². The molecular weight excluding hydrogens is 268 g/mol. The van der Waals surface area contributed by atoms with Gasteiger partial charge in [0.1, 0.15) is 0 Å². The van der Waals surface area contributed by atoms with Crippen molar-refractivity contribution in [1.29, 1.82) is 0 Å². The Bertz CT molecular complexity index is 635. The van der Waals surface area contributed by atoms with Gasteiger partial charge in [-0.1, -0.05) is 13.0 Å². The molecule has 0 radical (unpaired) electrons. The minimum Gasteiger partial charge on any atom is -0.423 e. The first-order chi connectivity index (χ1) is 10.1. The SMILES string of the molecule is Cc1ccc(-c2nnco2)cc1NC(=O)C(C)C1CNC1. The molecule has 2 N–H and O–H groups in total. The molecule has 1 fully saturated rings. The predicted molar refractivity (Wildman–Crippen MR) is 78.6 cm³/mol. The summed E-state index contributed by atoms with van der Waals surface area (Å²) in [5, 5.41) is 13.8. The molecule has 2 heterocycles. The molecule has 1 aliphatic rings. The van der Waals surface area contributed by atoms with Crippen molar-refractivity contribution in [3.05, 3.63) is 30.2 Å².